The van der Waals surface area contributed by atoms with E-state index >= 15 is 0 Å². The van der Waals surface area contributed by atoms with Gasteiger partial charge in [0, 0.05) is 24.0 Å². The van der Waals surface area contributed by atoms with Gasteiger partial charge in [0.25, 0.3) is 0 Å². The maximum Gasteiger partial charge on any atom is 0.221 e. The second-order valence-electron chi connectivity index (χ2n) is 8.46. The van der Waals surface area contributed by atoms with Crippen LogP contribution >= 0.6 is 0 Å². The summed E-state index contributed by atoms with van der Waals surface area (Å²) in [6.45, 7) is 12.4. The van der Waals surface area contributed by atoms with Crippen molar-refractivity contribution in [2.45, 2.75) is 53.4 Å². The highest BCUT2D eigenvalue weighted by atomic mass is 16.1. The summed E-state index contributed by atoms with van der Waals surface area (Å²) in [6, 6.07) is 6.57. The van der Waals surface area contributed by atoms with E-state index in [2.05, 4.69) is 54.2 Å². The largest absolute Gasteiger partial charge is 0.359 e. The molecule has 3 rings (SSSR count). The lowest BCUT2D eigenvalue weighted by atomic mass is 9.70. The van der Waals surface area contributed by atoms with E-state index in [1.165, 1.54) is 44.5 Å². The van der Waals surface area contributed by atoms with Crippen LogP contribution in [-0.4, -0.2) is 35.4 Å². The fourth-order valence-corrected chi connectivity index (χ4v) is 4.32. The van der Waals surface area contributed by atoms with Gasteiger partial charge in [0.2, 0.25) is 5.91 Å². The number of H-pyrrole nitrogens is 1. The van der Waals surface area contributed by atoms with Crippen molar-refractivity contribution in [2.75, 3.05) is 25.0 Å². The van der Waals surface area contributed by atoms with Crippen molar-refractivity contribution < 1.29 is 4.79 Å². The van der Waals surface area contributed by atoms with Gasteiger partial charge in [0.05, 0.1) is 5.69 Å². The molecular formula is C22H33N3O. The van der Waals surface area contributed by atoms with Crippen LogP contribution in [0.3, 0.4) is 0 Å². The van der Waals surface area contributed by atoms with Crippen molar-refractivity contribution in [3.05, 3.63) is 30.0 Å². The van der Waals surface area contributed by atoms with Gasteiger partial charge in [-0.3, -0.25) is 4.79 Å². The van der Waals surface area contributed by atoms with E-state index in [1.807, 2.05) is 6.20 Å². The standard InChI is InChI=1S/C22H33N3O/c1-5-25-12-9-18(10-13-25)22(3,4)11-8-17-6-7-20-19(14-17)21(15-23-20)24-16(2)26/h6-7,14-15,18,23H,5,8-13H2,1-4H3,(H,24,26). The van der Waals surface area contributed by atoms with Gasteiger partial charge in [-0.2, -0.15) is 0 Å². The lowest BCUT2D eigenvalue weighted by Gasteiger charge is -2.40. The third-order valence-electron chi connectivity index (χ3n) is 6.25. The highest BCUT2D eigenvalue weighted by molar-refractivity contribution is 6.01. The van der Waals surface area contributed by atoms with Crippen LogP contribution < -0.4 is 5.32 Å². The van der Waals surface area contributed by atoms with Gasteiger partial charge in [0.15, 0.2) is 0 Å². The van der Waals surface area contributed by atoms with Gasteiger partial charge in [-0.1, -0.05) is 26.8 Å². The third kappa shape index (κ3) is 4.29. The lowest BCUT2D eigenvalue weighted by molar-refractivity contribution is -0.114. The minimum Gasteiger partial charge on any atom is -0.359 e. The fraction of sp³-hybridized carbons (Fsp3) is 0.591. The number of aromatic amines is 1. The number of anilines is 1. The summed E-state index contributed by atoms with van der Waals surface area (Å²) < 4.78 is 0. The highest BCUT2D eigenvalue weighted by Crippen LogP contribution is 2.39. The molecule has 0 spiro atoms. The van der Waals surface area contributed by atoms with Crippen LogP contribution in [0.5, 0.6) is 0 Å². The van der Waals surface area contributed by atoms with Crippen molar-refractivity contribution in [2.24, 2.45) is 11.3 Å². The number of hydrogen-bond donors (Lipinski definition) is 2. The molecule has 0 radical (unpaired) electrons. The van der Waals surface area contributed by atoms with Gasteiger partial charge < -0.3 is 15.2 Å². The molecule has 4 heteroatoms. The second-order valence-corrected chi connectivity index (χ2v) is 8.46. The molecule has 1 aliphatic heterocycles. The van der Waals surface area contributed by atoms with E-state index in [0.717, 1.165) is 28.9 Å². The summed E-state index contributed by atoms with van der Waals surface area (Å²) in [5.41, 5.74) is 3.67. The topological polar surface area (TPSA) is 48.1 Å². The molecule has 0 unspecified atom stereocenters. The quantitative estimate of drug-likeness (QED) is 0.780. The zero-order valence-electron chi connectivity index (χ0n) is 16.7. The van der Waals surface area contributed by atoms with Gasteiger partial charge in [-0.25, -0.2) is 0 Å². The maximum atomic E-state index is 11.4. The predicted octanol–water partition coefficient (Wildman–Crippen LogP) is 4.82. The summed E-state index contributed by atoms with van der Waals surface area (Å²) >= 11 is 0. The molecule has 0 aliphatic carbocycles. The van der Waals surface area contributed by atoms with E-state index in [1.54, 1.807) is 6.92 Å². The number of carbonyl (C=O) groups is 1. The molecule has 0 bridgehead atoms. The van der Waals surface area contributed by atoms with Crippen LogP contribution in [0.1, 0.15) is 52.5 Å². The van der Waals surface area contributed by atoms with Crippen LogP contribution in [0.15, 0.2) is 24.4 Å². The summed E-state index contributed by atoms with van der Waals surface area (Å²) in [4.78, 5) is 17.2. The molecule has 1 aromatic carbocycles. The van der Waals surface area contributed by atoms with Crippen molar-refractivity contribution >= 4 is 22.5 Å². The minimum atomic E-state index is -0.0316. The van der Waals surface area contributed by atoms with Gasteiger partial charge in [-0.05, 0) is 74.3 Å². The molecule has 1 fully saturated rings. The molecule has 2 aromatic rings. The maximum absolute atomic E-state index is 11.4. The van der Waals surface area contributed by atoms with Gasteiger partial charge in [-0.15, -0.1) is 0 Å². The fourth-order valence-electron chi connectivity index (χ4n) is 4.32. The van der Waals surface area contributed by atoms with Crippen LogP contribution in [0.2, 0.25) is 0 Å². The first-order valence-corrected chi connectivity index (χ1v) is 9.99. The molecule has 1 amide bonds. The number of aromatic nitrogens is 1. The summed E-state index contributed by atoms with van der Waals surface area (Å²) in [5, 5.41) is 4.02. The molecule has 4 nitrogen and oxygen atoms in total. The van der Waals surface area contributed by atoms with Gasteiger partial charge >= 0.3 is 0 Å². The highest BCUT2D eigenvalue weighted by Gasteiger charge is 2.31. The van der Waals surface area contributed by atoms with Crippen molar-refractivity contribution in [3.63, 3.8) is 0 Å². The number of amides is 1. The Hall–Kier alpha value is -1.81. The first-order valence-electron chi connectivity index (χ1n) is 9.99. The summed E-state index contributed by atoms with van der Waals surface area (Å²) in [5.74, 6) is 0.784. The minimum absolute atomic E-state index is 0.0316. The van der Waals surface area contributed by atoms with Crippen LogP contribution in [-0.2, 0) is 11.2 Å². The number of rotatable bonds is 6. The number of fused-ring (bicyclic) bond motifs is 1. The molecule has 0 saturated carbocycles. The van der Waals surface area contributed by atoms with Crippen LogP contribution in [0.4, 0.5) is 5.69 Å². The number of aryl methyl sites for hydroxylation is 1. The number of hydrogen-bond acceptors (Lipinski definition) is 2. The van der Waals surface area contributed by atoms with Crippen molar-refractivity contribution in [1.82, 2.24) is 9.88 Å². The Bertz CT molecular complexity index is 754. The molecular weight excluding hydrogens is 322 g/mol. The molecule has 1 aromatic heterocycles. The Labute approximate surface area is 157 Å². The van der Waals surface area contributed by atoms with Crippen LogP contribution in [0, 0.1) is 11.3 Å². The Morgan fingerprint density at radius 3 is 2.69 bits per heavy atom. The monoisotopic (exact) mass is 355 g/mol. The predicted molar refractivity (Wildman–Crippen MR) is 110 cm³/mol. The van der Waals surface area contributed by atoms with E-state index in [0.29, 0.717) is 5.41 Å². The Kier molecular flexibility index (Phi) is 5.71. The molecule has 2 N–H and O–H groups in total. The zero-order valence-corrected chi connectivity index (χ0v) is 16.7. The SMILES string of the molecule is CCN1CCC(C(C)(C)CCc2ccc3[nH]cc(NC(C)=O)c3c2)CC1. The normalized spacial score (nSPS) is 16.9. The zero-order chi connectivity index (χ0) is 18.7. The average Bonchev–Trinajstić information content (AvgIpc) is 3.02. The molecule has 1 saturated heterocycles. The number of likely N-dealkylation sites (tertiary alicyclic amines) is 1. The molecule has 0 atom stereocenters. The first-order chi connectivity index (χ1) is 12.4. The number of carbonyl (C=O) groups excluding carboxylic acids is 1. The summed E-state index contributed by atoms with van der Waals surface area (Å²) in [6.07, 6.45) is 6.81. The van der Waals surface area contributed by atoms with Crippen LogP contribution in [0.25, 0.3) is 10.9 Å². The van der Waals surface area contributed by atoms with E-state index in [9.17, 15) is 4.79 Å². The molecule has 26 heavy (non-hydrogen) atoms. The number of nitrogens with zero attached hydrogens (tertiary/aromatic N) is 1. The summed E-state index contributed by atoms with van der Waals surface area (Å²) in [7, 11) is 0. The van der Waals surface area contributed by atoms with E-state index < -0.39 is 0 Å². The number of benzene rings is 1. The lowest BCUT2D eigenvalue weighted by Crippen LogP contribution is -2.38. The Morgan fingerprint density at radius 1 is 1.31 bits per heavy atom. The second kappa shape index (κ2) is 7.83. The van der Waals surface area contributed by atoms with E-state index in [-0.39, 0.29) is 5.91 Å². The Balaban J connectivity index is 1.66. The molecule has 2 heterocycles. The Morgan fingerprint density at radius 2 is 2.04 bits per heavy atom. The smallest absolute Gasteiger partial charge is 0.221 e. The van der Waals surface area contributed by atoms with Crippen molar-refractivity contribution in [3.8, 4) is 0 Å². The van der Waals surface area contributed by atoms with Gasteiger partial charge in [0.1, 0.15) is 0 Å². The average molecular weight is 356 g/mol. The molecule has 142 valence electrons. The number of piperidine rings is 1. The molecule has 1 aliphatic rings. The van der Waals surface area contributed by atoms with E-state index in [4.69, 9.17) is 0 Å². The van der Waals surface area contributed by atoms with Crippen molar-refractivity contribution in [1.29, 1.82) is 0 Å². The third-order valence-corrected chi connectivity index (χ3v) is 6.25. The number of nitrogens with one attached hydrogen (secondary N) is 2. The first kappa shape index (κ1) is 19.0.